The summed E-state index contributed by atoms with van der Waals surface area (Å²) >= 11 is 0. The number of nitrogens with zero attached hydrogens (tertiary/aromatic N) is 2. The van der Waals surface area contributed by atoms with Gasteiger partial charge in [-0.3, -0.25) is 4.79 Å². The number of carbonyl (C=O) groups is 1. The number of amides is 1. The van der Waals surface area contributed by atoms with Gasteiger partial charge in [-0.25, -0.2) is 8.42 Å². The first kappa shape index (κ1) is 25.6. The zero-order chi connectivity index (χ0) is 25.8. The van der Waals surface area contributed by atoms with Crippen molar-refractivity contribution >= 4 is 15.9 Å². The van der Waals surface area contributed by atoms with Crippen molar-refractivity contribution in [1.29, 1.82) is 0 Å². The normalized spacial score (nSPS) is 19.7. The minimum absolute atomic E-state index is 0.0505. The monoisotopic (exact) mass is 518 g/mol. The maximum atomic E-state index is 13.7. The number of sulfonamides is 1. The van der Waals surface area contributed by atoms with Gasteiger partial charge in [0.25, 0.3) is 0 Å². The molecule has 37 heavy (non-hydrogen) atoms. The molecule has 194 valence electrons. The molecule has 0 spiro atoms. The van der Waals surface area contributed by atoms with Crippen LogP contribution in [0.1, 0.15) is 42.0 Å². The lowest BCUT2D eigenvalue weighted by Gasteiger charge is -2.40. The van der Waals surface area contributed by atoms with Crippen LogP contribution in [0.25, 0.3) is 0 Å². The molecule has 0 saturated carbocycles. The Labute approximate surface area is 220 Å². The molecule has 3 aromatic carbocycles. The van der Waals surface area contributed by atoms with Crippen LogP contribution in [-0.2, 0) is 14.8 Å². The van der Waals surface area contributed by atoms with Crippen molar-refractivity contribution in [2.45, 2.75) is 43.2 Å². The third-order valence-electron chi connectivity index (χ3n) is 7.76. The second-order valence-corrected chi connectivity index (χ2v) is 12.1. The lowest BCUT2D eigenvalue weighted by Crippen LogP contribution is -3.15. The minimum Gasteiger partial charge on any atom is -0.330 e. The van der Waals surface area contributed by atoms with Gasteiger partial charge in [-0.05, 0) is 31.9 Å². The fraction of sp³-hybridized carbons (Fsp3) is 0.367. The molecule has 3 aromatic rings. The molecule has 1 atom stereocenters. The van der Waals surface area contributed by atoms with Gasteiger partial charge in [0.15, 0.2) is 0 Å². The van der Waals surface area contributed by atoms with Gasteiger partial charge in [0.05, 0.1) is 31.1 Å². The summed E-state index contributed by atoms with van der Waals surface area (Å²) < 4.78 is 28.5. The average Bonchev–Trinajstić information content (AvgIpc) is 2.95. The van der Waals surface area contributed by atoms with Crippen molar-refractivity contribution in [3.05, 3.63) is 102 Å². The lowest BCUT2D eigenvalue weighted by molar-refractivity contribution is -0.929. The molecule has 1 N–H and O–H groups in total. The van der Waals surface area contributed by atoms with E-state index in [1.165, 1.54) is 20.3 Å². The van der Waals surface area contributed by atoms with Gasteiger partial charge in [0.2, 0.25) is 15.9 Å². The van der Waals surface area contributed by atoms with Crippen LogP contribution in [-0.4, -0.2) is 62.3 Å². The van der Waals surface area contributed by atoms with Gasteiger partial charge in [-0.15, -0.1) is 0 Å². The third-order valence-corrected chi connectivity index (χ3v) is 9.68. The van der Waals surface area contributed by atoms with Crippen LogP contribution < -0.4 is 4.90 Å². The van der Waals surface area contributed by atoms with E-state index in [0.29, 0.717) is 26.1 Å². The Kier molecular flexibility index (Phi) is 7.74. The summed E-state index contributed by atoms with van der Waals surface area (Å²) in [5, 5.41) is 0. The minimum atomic E-state index is -3.73. The maximum absolute atomic E-state index is 13.7. The third kappa shape index (κ3) is 5.49. The topological polar surface area (TPSA) is 62.1 Å². The summed E-state index contributed by atoms with van der Waals surface area (Å²) in [5.41, 5.74) is 3.55. The fourth-order valence-corrected chi connectivity index (χ4v) is 7.40. The van der Waals surface area contributed by atoms with E-state index in [4.69, 9.17) is 0 Å². The number of carbonyl (C=O) groups excluding carboxylic acids is 1. The second kappa shape index (κ2) is 11.2. The molecule has 5 rings (SSSR count). The van der Waals surface area contributed by atoms with Crippen molar-refractivity contribution in [2.24, 2.45) is 0 Å². The summed E-state index contributed by atoms with van der Waals surface area (Å²) in [6.45, 7) is 5.21. The summed E-state index contributed by atoms with van der Waals surface area (Å²) in [6, 6.07) is 27.6. The number of piperidine rings is 1. The van der Waals surface area contributed by atoms with E-state index >= 15 is 0 Å². The van der Waals surface area contributed by atoms with E-state index in [0.717, 1.165) is 31.5 Å². The largest absolute Gasteiger partial charge is 0.330 e. The molecule has 7 heteroatoms. The van der Waals surface area contributed by atoms with Crippen LogP contribution in [0.5, 0.6) is 0 Å². The van der Waals surface area contributed by atoms with Crippen molar-refractivity contribution in [2.75, 3.05) is 32.7 Å². The summed E-state index contributed by atoms with van der Waals surface area (Å²) in [6.07, 6.45) is 2.22. The van der Waals surface area contributed by atoms with Gasteiger partial charge < -0.3 is 9.80 Å². The van der Waals surface area contributed by atoms with Crippen LogP contribution in [0.4, 0.5) is 0 Å². The standard InChI is InChI=1S/C30H35N3O3S/c1-24-15-17-27(18-16-24)37(35,36)33-19-9-8-14-28(33)30(34)32-22-20-31(21-23-32)29(25-10-4-2-5-11-25)26-12-6-3-7-13-26/h2-7,10-13,15-18,28-29H,8-9,14,19-23H2,1H3/p+1/t28-/m0/s1. The lowest BCUT2D eigenvalue weighted by atomic mass is 9.96. The van der Waals surface area contributed by atoms with Crippen molar-refractivity contribution in [3.63, 3.8) is 0 Å². The molecule has 0 aliphatic carbocycles. The molecule has 2 saturated heterocycles. The first-order valence-electron chi connectivity index (χ1n) is 13.3. The average molecular weight is 519 g/mol. The Balaban J connectivity index is 1.32. The zero-order valence-electron chi connectivity index (χ0n) is 21.4. The molecular formula is C30H36N3O3S+. The van der Waals surface area contributed by atoms with Crippen LogP contribution in [0.3, 0.4) is 0 Å². The first-order chi connectivity index (χ1) is 17.9. The van der Waals surface area contributed by atoms with E-state index in [2.05, 4.69) is 48.5 Å². The van der Waals surface area contributed by atoms with Crippen LogP contribution in [0.2, 0.25) is 0 Å². The highest BCUT2D eigenvalue weighted by Gasteiger charge is 2.41. The number of rotatable bonds is 6. The van der Waals surface area contributed by atoms with Gasteiger partial charge in [-0.2, -0.15) is 4.31 Å². The van der Waals surface area contributed by atoms with Crippen molar-refractivity contribution in [1.82, 2.24) is 9.21 Å². The highest BCUT2D eigenvalue weighted by molar-refractivity contribution is 7.89. The van der Waals surface area contributed by atoms with Gasteiger partial charge in [0, 0.05) is 17.7 Å². The molecule has 2 aliphatic heterocycles. The first-order valence-corrected chi connectivity index (χ1v) is 14.7. The molecule has 0 radical (unpaired) electrons. The SMILES string of the molecule is Cc1ccc(S(=O)(=O)N2CCCC[C@H]2C(=O)N2CC[NH+](C(c3ccccc3)c3ccccc3)CC2)cc1. The molecule has 1 amide bonds. The molecule has 2 heterocycles. The summed E-state index contributed by atoms with van der Waals surface area (Å²) in [7, 11) is -3.73. The quantitative estimate of drug-likeness (QED) is 0.546. The van der Waals surface area contributed by atoms with Crippen molar-refractivity contribution in [3.8, 4) is 0 Å². The van der Waals surface area contributed by atoms with Crippen LogP contribution in [0.15, 0.2) is 89.8 Å². The van der Waals surface area contributed by atoms with E-state index < -0.39 is 16.1 Å². The summed E-state index contributed by atoms with van der Waals surface area (Å²) in [4.78, 5) is 17.3. The Hall–Kier alpha value is -3.00. The number of benzene rings is 3. The highest BCUT2D eigenvalue weighted by Crippen LogP contribution is 2.27. The van der Waals surface area contributed by atoms with Gasteiger partial charge in [-0.1, -0.05) is 84.8 Å². The molecule has 6 nitrogen and oxygen atoms in total. The van der Waals surface area contributed by atoms with Gasteiger partial charge >= 0.3 is 0 Å². The summed E-state index contributed by atoms with van der Waals surface area (Å²) in [5.74, 6) is -0.0505. The number of quaternary nitrogens is 1. The number of nitrogens with one attached hydrogen (secondary N) is 1. The molecule has 0 bridgehead atoms. The molecule has 0 aromatic heterocycles. The number of piperazine rings is 1. The Morgan fingerprint density at radius 2 is 1.38 bits per heavy atom. The van der Waals surface area contributed by atoms with Crippen LogP contribution in [0, 0.1) is 6.92 Å². The zero-order valence-corrected chi connectivity index (χ0v) is 22.2. The number of hydrogen-bond donors (Lipinski definition) is 1. The Morgan fingerprint density at radius 3 is 1.95 bits per heavy atom. The predicted octanol–water partition coefficient (Wildman–Crippen LogP) is 3.05. The van der Waals surface area contributed by atoms with E-state index in [1.54, 1.807) is 12.1 Å². The van der Waals surface area contributed by atoms with Crippen molar-refractivity contribution < 1.29 is 18.1 Å². The van der Waals surface area contributed by atoms with Crippen LogP contribution >= 0.6 is 0 Å². The van der Waals surface area contributed by atoms with E-state index in [9.17, 15) is 13.2 Å². The number of aryl methyl sites for hydroxylation is 1. The molecule has 2 fully saturated rings. The smallest absolute Gasteiger partial charge is 0.243 e. The highest BCUT2D eigenvalue weighted by atomic mass is 32.2. The maximum Gasteiger partial charge on any atom is 0.243 e. The molecular weight excluding hydrogens is 482 g/mol. The van der Waals surface area contributed by atoms with E-state index in [-0.39, 0.29) is 16.8 Å². The molecule has 0 unspecified atom stereocenters. The predicted molar refractivity (Wildman–Crippen MR) is 145 cm³/mol. The Morgan fingerprint density at radius 1 is 0.811 bits per heavy atom. The second-order valence-electron chi connectivity index (χ2n) is 10.2. The van der Waals surface area contributed by atoms with Gasteiger partial charge in [0.1, 0.15) is 12.1 Å². The fourth-order valence-electron chi connectivity index (χ4n) is 5.75. The Bertz CT molecular complexity index is 1250. The number of hydrogen-bond acceptors (Lipinski definition) is 3. The molecule has 2 aliphatic rings. The van der Waals surface area contributed by atoms with E-state index in [1.807, 2.05) is 36.1 Å².